The van der Waals surface area contributed by atoms with E-state index in [9.17, 15) is 9.18 Å². The van der Waals surface area contributed by atoms with E-state index in [1.807, 2.05) is 4.90 Å². The zero-order valence-corrected chi connectivity index (χ0v) is 19.9. The van der Waals surface area contributed by atoms with Crippen LogP contribution in [-0.4, -0.2) is 39.5 Å². The number of benzene rings is 1. The Kier molecular flexibility index (Phi) is 5.92. The van der Waals surface area contributed by atoms with E-state index in [1.165, 1.54) is 18.6 Å². The minimum absolute atomic E-state index is 0.265. The summed E-state index contributed by atoms with van der Waals surface area (Å²) in [6.07, 6.45) is 3.53. The number of hydrogen-bond acceptors (Lipinski definition) is 5. The van der Waals surface area contributed by atoms with Gasteiger partial charge in [-0.15, -0.1) is 0 Å². The standard InChI is InChI=1S/C25H36FN5O/c1-16-12-19(14-24(2,3)13-16)28-22-21(17-6-8-18(26)9-7-17)29-23-25(4,5)31(20(27)15-32)11-10-30(22)23/h6-9,15-16,19-20,28H,10-14,27H2,1-5H3. The number of carbonyl (C=O) groups excluding carboxylic acids is 1. The second-order valence-electron chi connectivity index (χ2n) is 10.9. The molecule has 174 valence electrons. The Balaban J connectivity index is 1.79. The maximum Gasteiger partial charge on any atom is 0.151 e. The van der Waals surface area contributed by atoms with Gasteiger partial charge in [-0.3, -0.25) is 4.90 Å². The molecule has 1 aromatic carbocycles. The lowest BCUT2D eigenvalue weighted by atomic mass is 9.70. The predicted molar refractivity (Wildman–Crippen MR) is 126 cm³/mol. The molecule has 3 atom stereocenters. The third kappa shape index (κ3) is 4.20. The second kappa shape index (κ2) is 8.27. The van der Waals surface area contributed by atoms with Crippen molar-refractivity contribution < 1.29 is 9.18 Å². The normalized spacial score (nSPS) is 25.7. The van der Waals surface area contributed by atoms with E-state index < -0.39 is 11.7 Å². The number of nitrogens with zero attached hydrogens (tertiary/aromatic N) is 3. The fourth-order valence-corrected chi connectivity index (χ4v) is 5.95. The van der Waals surface area contributed by atoms with Crippen LogP contribution >= 0.6 is 0 Å². The number of carbonyl (C=O) groups is 1. The van der Waals surface area contributed by atoms with Gasteiger partial charge in [0.25, 0.3) is 0 Å². The van der Waals surface area contributed by atoms with Gasteiger partial charge in [-0.1, -0.05) is 20.8 Å². The highest BCUT2D eigenvalue weighted by molar-refractivity contribution is 5.73. The molecule has 2 aliphatic rings. The molecule has 4 rings (SSSR count). The summed E-state index contributed by atoms with van der Waals surface area (Å²) in [5.74, 6) is 2.23. The quantitative estimate of drug-likeness (QED) is 0.675. The van der Waals surface area contributed by atoms with Gasteiger partial charge in [0.15, 0.2) is 6.29 Å². The first-order valence-electron chi connectivity index (χ1n) is 11.6. The van der Waals surface area contributed by atoms with Gasteiger partial charge in [-0.2, -0.15) is 0 Å². The minimum Gasteiger partial charge on any atom is -0.367 e. The average Bonchev–Trinajstić information content (AvgIpc) is 3.06. The molecule has 1 saturated carbocycles. The van der Waals surface area contributed by atoms with E-state index in [0.29, 0.717) is 25.0 Å². The second-order valence-corrected chi connectivity index (χ2v) is 10.9. The van der Waals surface area contributed by atoms with Gasteiger partial charge in [0, 0.05) is 24.7 Å². The van der Waals surface area contributed by atoms with Crippen LogP contribution in [0.1, 0.15) is 59.7 Å². The van der Waals surface area contributed by atoms with Crippen LogP contribution in [0.15, 0.2) is 24.3 Å². The number of aldehydes is 1. The number of anilines is 1. The molecule has 2 heterocycles. The summed E-state index contributed by atoms with van der Waals surface area (Å²) in [7, 11) is 0. The first-order valence-corrected chi connectivity index (χ1v) is 11.6. The molecule has 3 unspecified atom stereocenters. The van der Waals surface area contributed by atoms with E-state index in [0.717, 1.165) is 42.0 Å². The molecule has 1 aliphatic carbocycles. The third-order valence-corrected chi connectivity index (χ3v) is 7.14. The Labute approximate surface area is 190 Å². The number of imidazole rings is 1. The highest BCUT2D eigenvalue weighted by Crippen LogP contribution is 2.43. The number of nitrogens with two attached hydrogens (primary N) is 1. The molecule has 0 spiro atoms. The van der Waals surface area contributed by atoms with Crippen molar-refractivity contribution in [2.75, 3.05) is 11.9 Å². The van der Waals surface area contributed by atoms with Crippen LogP contribution in [0.5, 0.6) is 0 Å². The molecule has 3 N–H and O–H groups in total. The van der Waals surface area contributed by atoms with Crippen molar-refractivity contribution in [3.63, 3.8) is 0 Å². The predicted octanol–water partition coefficient (Wildman–Crippen LogP) is 4.35. The number of fused-ring (bicyclic) bond motifs is 1. The van der Waals surface area contributed by atoms with Crippen LogP contribution < -0.4 is 11.1 Å². The molecule has 7 heteroatoms. The monoisotopic (exact) mass is 441 g/mol. The van der Waals surface area contributed by atoms with Gasteiger partial charge in [0.2, 0.25) is 0 Å². The van der Waals surface area contributed by atoms with Crippen molar-refractivity contribution in [1.82, 2.24) is 14.5 Å². The molecule has 0 radical (unpaired) electrons. The summed E-state index contributed by atoms with van der Waals surface area (Å²) >= 11 is 0. The van der Waals surface area contributed by atoms with Gasteiger partial charge in [0.05, 0.1) is 5.54 Å². The van der Waals surface area contributed by atoms with Gasteiger partial charge in [-0.05, 0) is 68.7 Å². The fourth-order valence-electron chi connectivity index (χ4n) is 5.95. The molecular formula is C25H36FN5O. The van der Waals surface area contributed by atoms with Crippen LogP contribution in [0.25, 0.3) is 11.3 Å². The highest BCUT2D eigenvalue weighted by atomic mass is 19.1. The summed E-state index contributed by atoms with van der Waals surface area (Å²) in [5, 5.41) is 3.84. The van der Waals surface area contributed by atoms with Crippen molar-refractivity contribution in [3.8, 4) is 11.3 Å². The average molecular weight is 442 g/mol. The lowest BCUT2D eigenvalue weighted by molar-refractivity contribution is -0.115. The molecular weight excluding hydrogens is 405 g/mol. The first-order chi connectivity index (χ1) is 15.0. The molecule has 6 nitrogen and oxygen atoms in total. The fraction of sp³-hybridized carbons (Fsp3) is 0.600. The zero-order valence-electron chi connectivity index (χ0n) is 19.9. The third-order valence-electron chi connectivity index (χ3n) is 7.14. The topological polar surface area (TPSA) is 76.2 Å². The van der Waals surface area contributed by atoms with E-state index >= 15 is 0 Å². The molecule has 1 aliphatic heterocycles. The van der Waals surface area contributed by atoms with Crippen molar-refractivity contribution in [2.24, 2.45) is 17.1 Å². The Morgan fingerprint density at radius 3 is 2.50 bits per heavy atom. The summed E-state index contributed by atoms with van der Waals surface area (Å²) in [5.41, 5.74) is 7.57. The number of hydrogen-bond donors (Lipinski definition) is 2. The molecule has 0 saturated heterocycles. The largest absolute Gasteiger partial charge is 0.367 e. The Hall–Kier alpha value is -2.25. The zero-order chi connectivity index (χ0) is 23.3. The van der Waals surface area contributed by atoms with Crippen LogP contribution in [0, 0.1) is 17.2 Å². The first kappa shape index (κ1) is 22.9. The van der Waals surface area contributed by atoms with E-state index in [4.69, 9.17) is 10.7 Å². The molecule has 2 aromatic rings. The van der Waals surface area contributed by atoms with Gasteiger partial charge < -0.3 is 20.4 Å². The Morgan fingerprint density at radius 2 is 1.88 bits per heavy atom. The number of aromatic nitrogens is 2. The molecule has 1 aromatic heterocycles. The van der Waals surface area contributed by atoms with Crippen molar-refractivity contribution in [1.29, 1.82) is 0 Å². The maximum absolute atomic E-state index is 13.6. The van der Waals surface area contributed by atoms with Gasteiger partial charge in [-0.25, -0.2) is 9.37 Å². The smallest absolute Gasteiger partial charge is 0.151 e. The van der Waals surface area contributed by atoms with Crippen LogP contribution in [0.3, 0.4) is 0 Å². The van der Waals surface area contributed by atoms with Gasteiger partial charge in [0.1, 0.15) is 29.3 Å². The Morgan fingerprint density at radius 1 is 1.19 bits per heavy atom. The van der Waals surface area contributed by atoms with Gasteiger partial charge >= 0.3 is 0 Å². The summed E-state index contributed by atoms with van der Waals surface area (Å²) < 4.78 is 15.9. The maximum atomic E-state index is 13.6. The van der Waals surface area contributed by atoms with Crippen molar-refractivity contribution >= 4 is 12.1 Å². The highest BCUT2D eigenvalue weighted by Gasteiger charge is 2.42. The molecule has 0 bridgehead atoms. The number of rotatable bonds is 5. The molecule has 0 amide bonds. The summed E-state index contributed by atoms with van der Waals surface area (Å²) in [4.78, 5) is 18.5. The Bertz CT molecular complexity index is 981. The summed E-state index contributed by atoms with van der Waals surface area (Å²) in [6, 6.07) is 6.85. The minimum atomic E-state index is -0.680. The van der Waals surface area contributed by atoms with Crippen molar-refractivity contribution in [3.05, 3.63) is 35.9 Å². The molecule has 32 heavy (non-hydrogen) atoms. The summed E-state index contributed by atoms with van der Waals surface area (Å²) in [6.45, 7) is 12.4. The van der Waals surface area contributed by atoms with E-state index in [-0.39, 0.29) is 11.2 Å². The lowest BCUT2D eigenvalue weighted by Crippen LogP contribution is -2.57. The van der Waals surface area contributed by atoms with Crippen LogP contribution in [0.2, 0.25) is 0 Å². The van der Waals surface area contributed by atoms with E-state index in [2.05, 4.69) is 44.5 Å². The van der Waals surface area contributed by atoms with Crippen LogP contribution in [-0.2, 0) is 16.9 Å². The molecule has 1 fully saturated rings. The van der Waals surface area contributed by atoms with Crippen LogP contribution in [0.4, 0.5) is 10.2 Å². The van der Waals surface area contributed by atoms with Crippen molar-refractivity contribution in [2.45, 2.75) is 78.2 Å². The number of halogens is 1. The SMILES string of the molecule is CC1CC(Nc2c(-c3ccc(F)cc3)nc3n2CCN(C(N)C=O)C3(C)C)CC(C)(C)C1. The van der Waals surface area contributed by atoms with E-state index in [1.54, 1.807) is 12.1 Å². The lowest BCUT2D eigenvalue weighted by Gasteiger charge is -2.44. The number of nitrogens with one attached hydrogen (secondary N) is 1.